The van der Waals surface area contributed by atoms with Gasteiger partial charge in [0.15, 0.2) is 0 Å². The third kappa shape index (κ3) is 4.03. The third-order valence-electron chi connectivity index (χ3n) is 4.59. The summed E-state index contributed by atoms with van der Waals surface area (Å²) in [5.74, 6) is -0.606. The molecule has 142 valence electrons. The van der Waals surface area contributed by atoms with E-state index in [1.165, 1.54) is 4.90 Å². The molecule has 6 nitrogen and oxygen atoms in total. The predicted octanol–water partition coefficient (Wildman–Crippen LogP) is 2.67. The van der Waals surface area contributed by atoms with Crippen LogP contribution in [0.1, 0.15) is 17.2 Å². The van der Waals surface area contributed by atoms with Crippen LogP contribution in [0, 0.1) is 0 Å². The summed E-state index contributed by atoms with van der Waals surface area (Å²) >= 11 is 12.0. The summed E-state index contributed by atoms with van der Waals surface area (Å²) in [6.07, 6.45) is 0. The summed E-state index contributed by atoms with van der Waals surface area (Å²) in [4.78, 5) is 27.7. The molecule has 8 heteroatoms. The van der Waals surface area contributed by atoms with E-state index >= 15 is 0 Å². The molecule has 0 aliphatic carbocycles. The van der Waals surface area contributed by atoms with Crippen molar-refractivity contribution in [3.63, 3.8) is 0 Å². The van der Waals surface area contributed by atoms with Crippen molar-refractivity contribution in [1.82, 2.24) is 9.80 Å². The number of halogens is 2. The molecule has 0 bridgehead atoms. The molecule has 0 radical (unpaired) electrons. The van der Waals surface area contributed by atoms with E-state index in [2.05, 4.69) is 0 Å². The van der Waals surface area contributed by atoms with Crippen molar-refractivity contribution in [3.05, 3.63) is 69.7 Å². The number of aliphatic hydroxyl groups excluding tert-OH is 1. The highest BCUT2D eigenvalue weighted by molar-refractivity contribution is 6.30. The van der Waals surface area contributed by atoms with Crippen molar-refractivity contribution < 1.29 is 14.7 Å². The standard InChI is InChI=1S/C19H19Cl2N3O3/c20-14-5-1-12(2-6-14)17(13-3-7-15(21)8-4-13)24-11-16(18(22)26)23(9-10-25)19(24)27/h1-8,16-17,25H,9-11H2,(H2,22,26). The molecule has 3 rings (SSSR count). The summed E-state index contributed by atoms with van der Waals surface area (Å²) in [6.45, 7) is -0.0864. The minimum Gasteiger partial charge on any atom is -0.395 e. The number of aliphatic hydroxyl groups is 1. The molecule has 27 heavy (non-hydrogen) atoms. The number of rotatable bonds is 6. The lowest BCUT2D eigenvalue weighted by Crippen LogP contribution is -2.44. The van der Waals surface area contributed by atoms with Gasteiger partial charge in [0.1, 0.15) is 6.04 Å². The van der Waals surface area contributed by atoms with Gasteiger partial charge in [-0.2, -0.15) is 0 Å². The number of hydrogen-bond acceptors (Lipinski definition) is 3. The maximum atomic E-state index is 13.0. The van der Waals surface area contributed by atoms with Crippen LogP contribution in [0.15, 0.2) is 48.5 Å². The zero-order valence-electron chi connectivity index (χ0n) is 14.4. The van der Waals surface area contributed by atoms with Crippen molar-refractivity contribution >= 4 is 35.1 Å². The van der Waals surface area contributed by atoms with Crippen molar-refractivity contribution in [2.45, 2.75) is 12.1 Å². The molecule has 3 N–H and O–H groups in total. The van der Waals surface area contributed by atoms with E-state index in [1.54, 1.807) is 29.2 Å². The molecule has 1 fully saturated rings. The molecule has 3 amide bonds. The van der Waals surface area contributed by atoms with E-state index in [-0.39, 0.29) is 25.7 Å². The summed E-state index contributed by atoms with van der Waals surface area (Å²) in [5.41, 5.74) is 7.16. The molecule has 1 saturated heterocycles. The number of benzene rings is 2. The van der Waals surface area contributed by atoms with E-state index in [0.717, 1.165) is 11.1 Å². The SMILES string of the molecule is NC(=O)C1CN(C(c2ccc(Cl)cc2)c2ccc(Cl)cc2)C(=O)N1CCO. The lowest BCUT2D eigenvalue weighted by Gasteiger charge is -2.29. The number of carbonyl (C=O) groups is 2. The predicted molar refractivity (Wildman–Crippen MR) is 104 cm³/mol. The molecule has 1 atom stereocenters. The Morgan fingerprint density at radius 1 is 1.07 bits per heavy atom. The summed E-state index contributed by atoms with van der Waals surface area (Å²) < 4.78 is 0. The van der Waals surface area contributed by atoms with Crippen molar-refractivity contribution in [1.29, 1.82) is 0 Å². The van der Waals surface area contributed by atoms with Crippen LogP contribution < -0.4 is 5.73 Å². The average molecular weight is 408 g/mol. The molecule has 1 unspecified atom stereocenters. The molecule has 1 heterocycles. The van der Waals surface area contributed by atoms with Gasteiger partial charge in [-0.15, -0.1) is 0 Å². The van der Waals surface area contributed by atoms with Crippen LogP contribution >= 0.6 is 23.2 Å². The highest BCUT2D eigenvalue weighted by Gasteiger charge is 2.43. The molecule has 0 aromatic heterocycles. The van der Waals surface area contributed by atoms with Crippen LogP contribution in [-0.4, -0.2) is 52.6 Å². The van der Waals surface area contributed by atoms with Gasteiger partial charge < -0.3 is 20.6 Å². The first-order valence-electron chi connectivity index (χ1n) is 8.40. The van der Waals surface area contributed by atoms with Crippen molar-refractivity contribution in [3.8, 4) is 0 Å². The Kier molecular flexibility index (Phi) is 5.89. The Morgan fingerprint density at radius 2 is 1.56 bits per heavy atom. The topological polar surface area (TPSA) is 86.9 Å². The fraction of sp³-hybridized carbons (Fsp3) is 0.263. The van der Waals surface area contributed by atoms with E-state index < -0.39 is 18.0 Å². The second-order valence-corrected chi connectivity index (χ2v) is 7.15. The molecular weight excluding hydrogens is 389 g/mol. The van der Waals surface area contributed by atoms with Gasteiger partial charge in [0.05, 0.1) is 19.2 Å². The number of nitrogens with zero attached hydrogens (tertiary/aromatic N) is 2. The Morgan fingerprint density at radius 3 is 1.96 bits per heavy atom. The number of nitrogens with two attached hydrogens (primary N) is 1. The first kappa shape index (κ1) is 19.5. The van der Waals surface area contributed by atoms with Crippen LogP contribution in [0.2, 0.25) is 10.0 Å². The van der Waals surface area contributed by atoms with Gasteiger partial charge in [-0.05, 0) is 35.4 Å². The second kappa shape index (κ2) is 8.17. The third-order valence-corrected chi connectivity index (χ3v) is 5.09. The van der Waals surface area contributed by atoms with Gasteiger partial charge in [-0.25, -0.2) is 4.79 Å². The fourth-order valence-corrected chi connectivity index (χ4v) is 3.57. The van der Waals surface area contributed by atoms with Crippen LogP contribution in [0.5, 0.6) is 0 Å². The second-order valence-electron chi connectivity index (χ2n) is 6.28. The van der Waals surface area contributed by atoms with Crippen LogP contribution in [0.3, 0.4) is 0 Å². The van der Waals surface area contributed by atoms with Crippen LogP contribution in [0.25, 0.3) is 0 Å². The molecular formula is C19H19Cl2N3O3. The number of β-amino-alcohol motifs (C(OH)–C–C–N with tert-alkyl or cyclic N) is 1. The van der Waals surface area contributed by atoms with Gasteiger partial charge in [-0.1, -0.05) is 47.5 Å². The minimum atomic E-state index is -0.799. The molecule has 0 saturated carbocycles. The number of urea groups is 1. The summed E-state index contributed by atoms with van der Waals surface area (Å²) in [7, 11) is 0. The van der Waals surface area contributed by atoms with Crippen molar-refractivity contribution in [2.24, 2.45) is 5.73 Å². The molecule has 2 aromatic rings. The van der Waals surface area contributed by atoms with E-state index in [9.17, 15) is 14.7 Å². The zero-order chi connectivity index (χ0) is 19.6. The Labute approximate surface area is 167 Å². The monoisotopic (exact) mass is 407 g/mol. The smallest absolute Gasteiger partial charge is 0.321 e. The normalized spacial score (nSPS) is 17.0. The van der Waals surface area contributed by atoms with Gasteiger partial charge in [-0.3, -0.25) is 4.79 Å². The average Bonchev–Trinajstić information content (AvgIpc) is 2.96. The minimum absolute atomic E-state index is 0.0386. The van der Waals surface area contributed by atoms with E-state index in [0.29, 0.717) is 10.0 Å². The molecule has 1 aliphatic rings. The van der Waals surface area contributed by atoms with E-state index in [4.69, 9.17) is 28.9 Å². The van der Waals surface area contributed by atoms with E-state index in [1.807, 2.05) is 24.3 Å². The lowest BCUT2D eigenvalue weighted by atomic mass is 9.97. The molecule has 1 aliphatic heterocycles. The van der Waals surface area contributed by atoms with Crippen molar-refractivity contribution in [2.75, 3.05) is 19.7 Å². The van der Waals surface area contributed by atoms with Gasteiger partial charge in [0, 0.05) is 16.6 Å². The number of primary amides is 1. The highest BCUT2D eigenvalue weighted by atomic mass is 35.5. The maximum absolute atomic E-state index is 13.0. The lowest BCUT2D eigenvalue weighted by molar-refractivity contribution is -0.121. The first-order valence-corrected chi connectivity index (χ1v) is 9.16. The van der Waals surface area contributed by atoms with Gasteiger partial charge in [0.25, 0.3) is 0 Å². The Hall–Kier alpha value is -2.28. The number of carbonyl (C=O) groups excluding carboxylic acids is 2. The van der Waals surface area contributed by atoms with Crippen LogP contribution in [-0.2, 0) is 4.79 Å². The zero-order valence-corrected chi connectivity index (χ0v) is 15.9. The Balaban J connectivity index is 2.04. The largest absolute Gasteiger partial charge is 0.395 e. The highest BCUT2D eigenvalue weighted by Crippen LogP contribution is 2.34. The summed E-state index contributed by atoms with van der Waals surface area (Å²) in [6, 6.07) is 12.7. The Bertz CT molecular complexity index is 782. The number of amides is 3. The summed E-state index contributed by atoms with van der Waals surface area (Å²) in [5, 5.41) is 10.4. The maximum Gasteiger partial charge on any atom is 0.321 e. The van der Waals surface area contributed by atoms with Gasteiger partial charge >= 0.3 is 6.03 Å². The molecule has 0 spiro atoms. The van der Waals surface area contributed by atoms with Gasteiger partial charge in [0.2, 0.25) is 5.91 Å². The quantitative estimate of drug-likeness (QED) is 0.771. The molecule has 2 aromatic carbocycles. The first-order chi connectivity index (χ1) is 12.9. The number of hydrogen-bond donors (Lipinski definition) is 2. The van der Waals surface area contributed by atoms with Crippen LogP contribution in [0.4, 0.5) is 4.79 Å². The fourth-order valence-electron chi connectivity index (χ4n) is 3.32.